The molecule has 6 nitrogen and oxygen atoms in total. The molecule has 0 saturated carbocycles. The van der Waals surface area contributed by atoms with E-state index in [1.807, 2.05) is 18.3 Å². The van der Waals surface area contributed by atoms with Crippen molar-refractivity contribution in [1.29, 1.82) is 0 Å². The van der Waals surface area contributed by atoms with Crippen LogP contribution in [0.5, 0.6) is 0 Å². The molecule has 0 unspecified atom stereocenters. The molecule has 0 aliphatic heterocycles. The van der Waals surface area contributed by atoms with Crippen molar-refractivity contribution in [2.24, 2.45) is 0 Å². The van der Waals surface area contributed by atoms with Crippen molar-refractivity contribution in [3.8, 4) is 40.0 Å². The maximum atomic E-state index is 4.99. The number of pyridine rings is 1. The average Bonchev–Trinajstić information content (AvgIpc) is 3.90. The molecule has 0 spiro atoms. The van der Waals surface area contributed by atoms with Crippen LogP contribution in [0.2, 0.25) is 0 Å². The van der Waals surface area contributed by atoms with Gasteiger partial charge in [0, 0.05) is 28.5 Å². The van der Waals surface area contributed by atoms with Crippen LogP contribution in [0.25, 0.3) is 83.6 Å². The number of fused-ring (bicyclic) bond motifs is 6. The Kier molecular flexibility index (Phi) is 9.25. The molecule has 0 radical (unpaired) electrons. The van der Waals surface area contributed by atoms with Gasteiger partial charge in [-0.25, -0.2) is 4.98 Å². The molecule has 0 aliphatic carbocycles. The Balaban J connectivity index is 0.00000422. The van der Waals surface area contributed by atoms with Crippen LogP contribution in [0.4, 0.5) is 0 Å². The van der Waals surface area contributed by atoms with Crippen molar-refractivity contribution < 1.29 is 21.1 Å². The standard InChI is InChI=1S/C50H40N6.Pt/c1-31(2)36-22-15-23-37(32(3)4)48(36)56-49(52-53-50(56)38-19-7-6-16-33(38)5)34-17-14-18-35(28-34)54-43-24-10-8-20-39(43)41-29-42-40-21-9-11-25-44(40)55(46(42)30-45(41)54)47-26-12-13-27-51-47;/h6-27,29,31-32H,1-5H3;/q-2;+2. The van der Waals surface area contributed by atoms with E-state index in [0.717, 1.165) is 83.8 Å². The minimum absolute atomic E-state index is 0. The van der Waals surface area contributed by atoms with Gasteiger partial charge in [-0.05, 0) is 76.2 Å². The summed E-state index contributed by atoms with van der Waals surface area (Å²) in [5.74, 6) is 3.00. The Morgan fingerprint density at radius 3 is 1.79 bits per heavy atom. The predicted molar refractivity (Wildman–Crippen MR) is 229 cm³/mol. The van der Waals surface area contributed by atoms with Crippen LogP contribution in [0.3, 0.4) is 0 Å². The normalized spacial score (nSPS) is 11.8. The summed E-state index contributed by atoms with van der Waals surface area (Å²) in [5.41, 5.74) is 11.8. The van der Waals surface area contributed by atoms with Gasteiger partial charge in [0.15, 0.2) is 5.82 Å². The number of benzene rings is 6. The molecule has 0 saturated heterocycles. The second kappa shape index (κ2) is 14.4. The van der Waals surface area contributed by atoms with Gasteiger partial charge >= 0.3 is 21.1 Å². The van der Waals surface area contributed by atoms with Crippen LogP contribution in [-0.4, -0.2) is 28.9 Å². The molecule has 10 rings (SSSR count). The van der Waals surface area contributed by atoms with Gasteiger partial charge in [0.2, 0.25) is 0 Å². The summed E-state index contributed by atoms with van der Waals surface area (Å²) in [4.78, 5) is 4.78. The van der Waals surface area contributed by atoms with E-state index in [0.29, 0.717) is 0 Å². The van der Waals surface area contributed by atoms with Crippen molar-refractivity contribution in [3.63, 3.8) is 0 Å². The second-order valence-electron chi connectivity index (χ2n) is 15.2. The van der Waals surface area contributed by atoms with Gasteiger partial charge < -0.3 is 13.7 Å². The molecule has 0 amide bonds. The first-order valence-corrected chi connectivity index (χ1v) is 19.4. The summed E-state index contributed by atoms with van der Waals surface area (Å²) in [6.07, 6.45) is 1.85. The van der Waals surface area contributed by atoms with Crippen molar-refractivity contribution in [3.05, 3.63) is 168 Å². The van der Waals surface area contributed by atoms with Crippen LogP contribution in [0, 0.1) is 19.1 Å². The Labute approximate surface area is 346 Å². The second-order valence-corrected chi connectivity index (χ2v) is 15.2. The van der Waals surface area contributed by atoms with Crippen LogP contribution >= 0.6 is 0 Å². The molecule has 0 atom stereocenters. The van der Waals surface area contributed by atoms with Gasteiger partial charge in [0.05, 0.1) is 5.82 Å². The maximum Gasteiger partial charge on any atom is 2.00 e. The maximum absolute atomic E-state index is 4.99. The summed E-state index contributed by atoms with van der Waals surface area (Å²) in [7, 11) is 0. The quantitative estimate of drug-likeness (QED) is 0.150. The molecular formula is C50H40N6Pt. The zero-order chi connectivity index (χ0) is 38.1. The van der Waals surface area contributed by atoms with Crippen LogP contribution < -0.4 is 0 Å². The summed E-state index contributed by atoms with van der Waals surface area (Å²) in [5, 5.41) is 14.6. The van der Waals surface area contributed by atoms with Gasteiger partial charge in [-0.1, -0.05) is 124 Å². The van der Waals surface area contributed by atoms with Crippen molar-refractivity contribution in [2.45, 2.75) is 46.5 Å². The molecule has 4 aromatic heterocycles. The molecule has 0 fully saturated rings. The first kappa shape index (κ1) is 36.5. The van der Waals surface area contributed by atoms with E-state index in [-0.39, 0.29) is 32.9 Å². The van der Waals surface area contributed by atoms with E-state index in [9.17, 15) is 0 Å². The number of rotatable bonds is 7. The molecule has 57 heavy (non-hydrogen) atoms. The molecule has 0 aliphatic rings. The average molecular weight is 920 g/mol. The number of hydrogen-bond donors (Lipinski definition) is 0. The zero-order valence-electron chi connectivity index (χ0n) is 32.4. The van der Waals surface area contributed by atoms with E-state index in [4.69, 9.17) is 15.2 Å². The number of hydrogen-bond acceptors (Lipinski definition) is 3. The minimum atomic E-state index is 0. The van der Waals surface area contributed by atoms with Crippen molar-refractivity contribution >= 4 is 43.6 Å². The third-order valence-electron chi connectivity index (χ3n) is 11.1. The topological polar surface area (TPSA) is 53.5 Å². The van der Waals surface area contributed by atoms with Gasteiger partial charge in [-0.15, -0.1) is 51.8 Å². The Morgan fingerprint density at radius 1 is 0.526 bits per heavy atom. The molecule has 280 valence electrons. The Bertz CT molecular complexity index is 3090. The van der Waals surface area contributed by atoms with E-state index in [1.54, 1.807) is 0 Å². The summed E-state index contributed by atoms with van der Waals surface area (Å²) in [6.45, 7) is 11.2. The number of nitrogens with zero attached hydrogens (tertiary/aromatic N) is 6. The molecule has 7 heteroatoms. The molecule has 0 bridgehead atoms. The number of aromatic nitrogens is 6. The monoisotopic (exact) mass is 919 g/mol. The summed E-state index contributed by atoms with van der Waals surface area (Å²) >= 11 is 0. The smallest absolute Gasteiger partial charge is 0.352 e. The SMILES string of the molecule is Cc1ccccc1-c1nnc(-c2[c-]c(-n3c4[c-]c5c(cc4c4ccccc43)c3ccccc3n5-c3ccccn3)ccc2)n1-c1c(C(C)C)cccc1C(C)C.[Pt+2]. The van der Waals surface area contributed by atoms with Gasteiger partial charge in [0.25, 0.3) is 0 Å². The predicted octanol–water partition coefficient (Wildman–Crippen LogP) is 12.3. The van der Waals surface area contributed by atoms with E-state index in [1.165, 1.54) is 16.5 Å². The van der Waals surface area contributed by atoms with E-state index < -0.39 is 0 Å². The third kappa shape index (κ3) is 5.85. The van der Waals surface area contributed by atoms with Crippen LogP contribution in [0.15, 0.2) is 140 Å². The number of para-hydroxylation sites is 3. The fourth-order valence-corrected chi connectivity index (χ4v) is 8.46. The fraction of sp³-hybridized carbons (Fsp3) is 0.140. The van der Waals surface area contributed by atoms with Crippen LogP contribution in [-0.2, 0) is 21.1 Å². The Hall–Kier alpha value is -6.10. The molecular weight excluding hydrogens is 880 g/mol. The Morgan fingerprint density at radius 2 is 1.12 bits per heavy atom. The van der Waals surface area contributed by atoms with Crippen LogP contribution in [0.1, 0.15) is 56.2 Å². The molecule has 0 N–H and O–H groups in total. The summed E-state index contributed by atoms with van der Waals surface area (Å²) < 4.78 is 6.80. The molecule has 10 aromatic rings. The first-order chi connectivity index (χ1) is 27.4. The zero-order valence-corrected chi connectivity index (χ0v) is 34.7. The fourth-order valence-electron chi connectivity index (χ4n) is 8.46. The summed E-state index contributed by atoms with van der Waals surface area (Å²) in [6, 6.07) is 54.8. The minimum Gasteiger partial charge on any atom is -0.352 e. The van der Waals surface area contributed by atoms with Crippen molar-refractivity contribution in [2.75, 3.05) is 0 Å². The third-order valence-corrected chi connectivity index (χ3v) is 11.1. The molecule has 4 heterocycles. The van der Waals surface area contributed by atoms with Crippen molar-refractivity contribution in [1.82, 2.24) is 28.9 Å². The van der Waals surface area contributed by atoms with Gasteiger partial charge in [0.1, 0.15) is 5.82 Å². The van der Waals surface area contributed by atoms with E-state index in [2.05, 4.69) is 182 Å². The molecule has 6 aromatic carbocycles. The van der Waals surface area contributed by atoms with Gasteiger partial charge in [-0.3, -0.25) is 0 Å². The largest absolute Gasteiger partial charge is 2.00 e. The number of aryl methyl sites for hydroxylation is 1. The first-order valence-electron chi connectivity index (χ1n) is 19.4. The van der Waals surface area contributed by atoms with Gasteiger partial charge in [-0.2, -0.15) is 11.2 Å². The van der Waals surface area contributed by atoms with E-state index >= 15 is 0 Å².